The third kappa shape index (κ3) is 3.96. The predicted octanol–water partition coefficient (Wildman–Crippen LogP) is 6.82. The molecule has 2 heterocycles. The Hall–Kier alpha value is -4.72. The Balaban J connectivity index is 1.65. The molecule has 0 aliphatic carbocycles. The minimum Gasteiger partial charge on any atom is -0.331 e. The zero-order chi connectivity index (χ0) is 29.8. The number of hydrogen-bond acceptors (Lipinski definition) is 4. The van der Waals surface area contributed by atoms with E-state index in [2.05, 4.69) is 0 Å². The Bertz CT molecular complexity index is 1900. The summed E-state index contributed by atoms with van der Waals surface area (Å²) in [5.41, 5.74) is 3.32. The van der Waals surface area contributed by atoms with Crippen molar-refractivity contribution in [3.8, 4) is 0 Å². The number of hydrogen-bond donors (Lipinski definition) is 0. The van der Waals surface area contributed by atoms with Crippen molar-refractivity contribution in [3.63, 3.8) is 0 Å². The smallest absolute Gasteiger partial charge is 0.259 e. The van der Waals surface area contributed by atoms with E-state index in [4.69, 9.17) is 0 Å². The second-order valence-corrected chi connectivity index (χ2v) is 12.9. The fourth-order valence-corrected chi connectivity index (χ4v) is 8.56. The fourth-order valence-electron chi connectivity index (χ4n) is 6.81. The highest BCUT2D eigenvalue weighted by atomic mass is 32.2. The zero-order valence-electron chi connectivity index (χ0n) is 23.9. The molecule has 1 spiro atoms. The van der Waals surface area contributed by atoms with Crippen LogP contribution in [0.25, 0.3) is 0 Å². The van der Waals surface area contributed by atoms with Gasteiger partial charge in [0.05, 0.1) is 10.9 Å². The number of rotatable bonds is 5. The van der Waals surface area contributed by atoms with Crippen LogP contribution >= 0.6 is 0 Å². The number of carbonyl (C=O) groups is 1. The van der Waals surface area contributed by atoms with Crippen LogP contribution in [0.1, 0.15) is 34.5 Å². The number of amides is 1. The molecule has 0 N–H and O–H groups in total. The summed E-state index contributed by atoms with van der Waals surface area (Å²) in [4.78, 5) is 18.9. The average Bonchev–Trinajstić information content (AvgIpc) is 3.49. The maximum atomic E-state index is 15.1. The van der Waals surface area contributed by atoms with Crippen LogP contribution < -0.4 is 9.80 Å². The normalized spacial score (nSPS) is 21.9. The topological polar surface area (TPSA) is 60.9 Å². The molecule has 7 rings (SSSR count). The van der Waals surface area contributed by atoms with Gasteiger partial charge < -0.3 is 9.80 Å². The number of likely N-dealkylation sites (N-methyl/N-ethyl adjacent to an activating group) is 1. The largest absolute Gasteiger partial charge is 0.331 e. The first kappa shape index (κ1) is 27.1. The summed E-state index contributed by atoms with van der Waals surface area (Å²) in [7, 11) is -2.40. The Morgan fingerprint density at radius 3 is 1.81 bits per heavy atom. The van der Waals surface area contributed by atoms with E-state index in [1.54, 1.807) is 28.4 Å². The third-order valence-electron chi connectivity index (χ3n) is 8.67. The molecule has 1 saturated heterocycles. The van der Waals surface area contributed by atoms with Gasteiger partial charge in [-0.2, -0.15) is 4.31 Å². The summed E-state index contributed by atoms with van der Waals surface area (Å²) in [6.07, 6.45) is -0.844. The molecule has 3 atom stereocenters. The number of carbonyl (C=O) groups excluding carboxylic acids is 1. The summed E-state index contributed by atoms with van der Waals surface area (Å²) in [6.45, 7) is 1.93. The van der Waals surface area contributed by atoms with E-state index in [9.17, 15) is 0 Å². The molecule has 43 heavy (non-hydrogen) atoms. The molecule has 2 aliphatic rings. The monoisotopic (exact) mass is 585 g/mol. The molecular formula is C36H31N3O3S. The quantitative estimate of drug-likeness (QED) is 0.227. The Morgan fingerprint density at radius 1 is 0.651 bits per heavy atom. The summed E-state index contributed by atoms with van der Waals surface area (Å²) < 4.78 is 31.8. The molecule has 5 aromatic rings. The van der Waals surface area contributed by atoms with Crippen molar-refractivity contribution in [1.29, 1.82) is 0 Å². The SMILES string of the molecule is Cc1ccc(S(=O)(=O)N2[C@H](c3ccccc3)N(c3ccccc3)[C@@]3(C(=O)N(C)c4ccccc43)[C@H]2c2ccccc2)cc1. The van der Waals surface area contributed by atoms with Crippen LogP contribution in [-0.4, -0.2) is 25.7 Å². The van der Waals surface area contributed by atoms with E-state index in [0.29, 0.717) is 0 Å². The number of para-hydroxylation sites is 2. The van der Waals surface area contributed by atoms with Gasteiger partial charge >= 0.3 is 0 Å². The van der Waals surface area contributed by atoms with Crippen LogP contribution in [0.4, 0.5) is 11.4 Å². The summed E-state index contributed by atoms with van der Waals surface area (Å²) in [6, 6.07) is 42.6. The molecule has 1 fully saturated rings. The van der Waals surface area contributed by atoms with Gasteiger partial charge in [0.1, 0.15) is 6.17 Å². The second-order valence-electron chi connectivity index (χ2n) is 11.1. The van der Waals surface area contributed by atoms with Crippen molar-refractivity contribution in [1.82, 2.24) is 4.31 Å². The van der Waals surface area contributed by atoms with Crippen molar-refractivity contribution >= 4 is 27.3 Å². The van der Waals surface area contributed by atoms with E-state index in [-0.39, 0.29) is 10.8 Å². The predicted molar refractivity (Wildman–Crippen MR) is 169 cm³/mol. The summed E-state index contributed by atoms with van der Waals surface area (Å²) in [5.74, 6) is -0.186. The van der Waals surface area contributed by atoms with E-state index in [0.717, 1.165) is 33.6 Å². The van der Waals surface area contributed by atoms with Gasteiger partial charge in [-0.05, 0) is 48.4 Å². The molecule has 214 valence electrons. The molecule has 0 unspecified atom stereocenters. The Kier molecular flexibility index (Phi) is 6.45. The first-order valence-corrected chi connectivity index (χ1v) is 15.7. The highest BCUT2D eigenvalue weighted by Gasteiger charge is 2.70. The highest BCUT2D eigenvalue weighted by molar-refractivity contribution is 7.89. The maximum absolute atomic E-state index is 15.1. The summed E-state index contributed by atoms with van der Waals surface area (Å²) >= 11 is 0. The van der Waals surface area contributed by atoms with Gasteiger partial charge in [-0.3, -0.25) is 4.79 Å². The molecular weight excluding hydrogens is 554 g/mol. The summed E-state index contributed by atoms with van der Waals surface area (Å²) in [5, 5.41) is 0. The number of nitrogens with zero attached hydrogens (tertiary/aromatic N) is 3. The fraction of sp³-hybridized carbons (Fsp3) is 0.139. The van der Waals surface area contributed by atoms with E-state index >= 15 is 13.2 Å². The van der Waals surface area contributed by atoms with E-state index < -0.39 is 27.8 Å². The van der Waals surface area contributed by atoms with Gasteiger partial charge in [0.15, 0.2) is 5.54 Å². The third-order valence-corrected chi connectivity index (χ3v) is 10.5. The van der Waals surface area contributed by atoms with Gasteiger partial charge in [-0.1, -0.05) is 115 Å². The molecule has 0 bridgehead atoms. The van der Waals surface area contributed by atoms with Gasteiger partial charge in [0.25, 0.3) is 5.91 Å². The van der Waals surface area contributed by atoms with Crippen LogP contribution in [0.2, 0.25) is 0 Å². The maximum Gasteiger partial charge on any atom is 0.259 e. The zero-order valence-corrected chi connectivity index (χ0v) is 24.7. The minimum absolute atomic E-state index is 0.178. The van der Waals surface area contributed by atoms with Crippen molar-refractivity contribution in [2.45, 2.75) is 29.6 Å². The first-order chi connectivity index (χ1) is 20.9. The van der Waals surface area contributed by atoms with Crippen LogP contribution in [-0.2, 0) is 20.4 Å². The van der Waals surface area contributed by atoms with Gasteiger partial charge in [0.2, 0.25) is 10.0 Å². The highest BCUT2D eigenvalue weighted by Crippen LogP contribution is 2.63. The molecule has 5 aromatic carbocycles. The second kappa shape index (κ2) is 10.2. The van der Waals surface area contributed by atoms with Crippen LogP contribution in [0.3, 0.4) is 0 Å². The number of anilines is 2. The molecule has 0 saturated carbocycles. The Morgan fingerprint density at radius 2 is 1.19 bits per heavy atom. The molecule has 0 radical (unpaired) electrons. The first-order valence-electron chi connectivity index (χ1n) is 14.3. The van der Waals surface area contributed by atoms with Gasteiger partial charge in [-0.15, -0.1) is 0 Å². The number of sulfonamides is 1. The van der Waals surface area contributed by atoms with Crippen molar-refractivity contribution in [2.75, 3.05) is 16.8 Å². The van der Waals surface area contributed by atoms with Gasteiger partial charge in [0, 0.05) is 24.0 Å². The lowest BCUT2D eigenvalue weighted by molar-refractivity contribution is -0.123. The molecule has 6 nitrogen and oxygen atoms in total. The van der Waals surface area contributed by atoms with E-state index in [1.165, 1.54) is 0 Å². The van der Waals surface area contributed by atoms with Crippen molar-refractivity contribution < 1.29 is 13.2 Å². The molecule has 7 heteroatoms. The van der Waals surface area contributed by atoms with Crippen LogP contribution in [0.5, 0.6) is 0 Å². The lowest BCUT2D eigenvalue weighted by Crippen LogP contribution is -2.52. The van der Waals surface area contributed by atoms with Gasteiger partial charge in [-0.25, -0.2) is 8.42 Å². The standard InChI is InChI=1S/C36H31N3O3S/c1-26-22-24-30(25-23-26)43(41,42)39-33(27-14-6-3-7-15-27)36(31-20-12-13-21-32(31)37(2)35(36)40)38(29-18-10-5-11-19-29)34(39)28-16-8-4-9-17-28/h3-25,33-34H,1-2H3/t33-,34-,36-/m1/s1. The minimum atomic E-state index is -4.18. The lowest BCUT2D eigenvalue weighted by atomic mass is 9.80. The van der Waals surface area contributed by atoms with Crippen molar-refractivity contribution in [3.05, 3.63) is 162 Å². The average molecular weight is 586 g/mol. The number of benzene rings is 5. The van der Waals surface area contributed by atoms with Crippen LogP contribution in [0, 0.1) is 6.92 Å². The number of aryl methyl sites for hydroxylation is 1. The lowest BCUT2D eigenvalue weighted by Gasteiger charge is -2.40. The van der Waals surface area contributed by atoms with E-state index in [1.807, 2.05) is 139 Å². The molecule has 1 amide bonds. The van der Waals surface area contributed by atoms with Crippen LogP contribution in [0.15, 0.2) is 144 Å². The number of fused-ring (bicyclic) bond motifs is 2. The molecule has 2 aliphatic heterocycles. The Labute approximate surface area is 252 Å². The molecule has 0 aromatic heterocycles. The van der Waals surface area contributed by atoms with Crippen molar-refractivity contribution in [2.24, 2.45) is 0 Å².